The maximum atomic E-state index is 8.80. The van der Waals surface area contributed by atoms with Crippen LogP contribution in [0.15, 0.2) is 60.8 Å². The molecule has 0 aliphatic rings. The Balaban J connectivity index is 1.61. The van der Waals surface area contributed by atoms with Crippen molar-refractivity contribution < 1.29 is 0 Å². The van der Waals surface area contributed by atoms with Crippen LogP contribution in [-0.2, 0) is 6.54 Å². The van der Waals surface area contributed by atoms with Gasteiger partial charge in [0.05, 0.1) is 11.6 Å². The predicted octanol–water partition coefficient (Wildman–Crippen LogP) is 4.18. The van der Waals surface area contributed by atoms with E-state index in [1.165, 1.54) is 16.5 Å². The number of nitriles is 1. The first-order chi connectivity index (χ1) is 11.3. The van der Waals surface area contributed by atoms with Gasteiger partial charge in [-0.05, 0) is 41.8 Å². The van der Waals surface area contributed by atoms with E-state index in [-0.39, 0.29) is 0 Å². The van der Waals surface area contributed by atoms with Gasteiger partial charge in [-0.25, -0.2) is 0 Å². The molecule has 114 valence electrons. The van der Waals surface area contributed by atoms with Gasteiger partial charge in [0.15, 0.2) is 0 Å². The molecule has 3 nitrogen and oxygen atoms in total. The number of aromatic amines is 1. The molecule has 0 radical (unpaired) electrons. The average Bonchev–Trinajstić information content (AvgIpc) is 3.05. The largest absolute Gasteiger partial charge is 0.361 e. The molecule has 0 saturated heterocycles. The summed E-state index contributed by atoms with van der Waals surface area (Å²) in [6.07, 6.45) is 6.22. The van der Waals surface area contributed by atoms with Crippen molar-refractivity contribution in [1.82, 2.24) is 9.88 Å². The van der Waals surface area contributed by atoms with Crippen LogP contribution < -0.4 is 0 Å². The Morgan fingerprint density at radius 1 is 1.13 bits per heavy atom. The average molecular weight is 301 g/mol. The van der Waals surface area contributed by atoms with Gasteiger partial charge in [0, 0.05) is 24.8 Å². The lowest BCUT2D eigenvalue weighted by atomic mass is 10.1. The summed E-state index contributed by atoms with van der Waals surface area (Å²) in [5, 5.41) is 10.1. The molecule has 0 bridgehead atoms. The number of para-hydroxylation sites is 1. The van der Waals surface area contributed by atoms with E-state index in [1.807, 2.05) is 30.5 Å². The van der Waals surface area contributed by atoms with E-state index in [0.717, 1.165) is 18.7 Å². The number of nitrogens with zero attached hydrogens (tertiary/aromatic N) is 2. The summed E-state index contributed by atoms with van der Waals surface area (Å²) in [7, 11) is 2.12. The fraction of sp³-hybridized carbons (Fsp3) is 0.150. The van der Waals surface area contributed by atoms with E-state index < -0.39 is 0 Å². The zero-order valence-electron chi connectivity index (χ0n) is 13.2. The van der Waals surface area contributed by atoms with Gasteiger partial charge in [0.2, 0.25) is 0 Å². The summed E-state index contributed by atoms with van der Waals surface area (Å²) in [5.41, 5.74) is 4.33. The first-order valence-corrected chi connectivity index (χ1v) is 7.66. The van der Waals surface area contributed by atoms with Crippen molar-refractivity contribution in [3.05, 3.63) is 77.5 Å². The van der Waals surface area contributed by atoms with Gasteiger partial charge < -0.3 is 4.98 Å². The Morgan fingerprint density at radius 3 is 2.74 bits per heavy atom. The van der Waals surface area contributed by atoms with Gasteiger partial charge in [-0.15, -0.1) is 0 Å². The maximum Gasteiger partial charge on any atom is 0.0991 e. The molecule has 3 aromatic rings. The molecule has 0 saturated carbocycles. The number of rotatable bonds is 5. The number of hydrogen-bond donors (Lipinski definition) is 1. The molecule has 0 aliphatic heterocycles. The molecule has 1 N–H and O–H groups in total. The van der Waals surface area contributed by atoms with Gasteiger partial charge in [-0.1, -0.05) is 42.5 Å². The van der Waals surface area contributed by atoms with E-state index in [4.69, 9.17) is 5.26 Å². The van der Waals surface area contributed by atoms with E-state index in [0.29, 0.717) is 5.56 Å². The van der Waals surface area contributed by atoms with Crippen molar-refractivity contribution in [3.63, 3.8) is 0 Å². The maximum absolute atomic E-state index is 8.80. The van der Waals surface area contributed by atoms with Crippen molar-refractivity contribution in [3.8, 4) is 6.07 Å². The molecule has 3 rings (SSSR count). The molecule has 0 atom stereocenters. The molecule has 0 unspecified atom stereocenters. The van der Waals surface area contributed by atoms with Crippen molar-refractivity contribution in [1.29, 1.82) is 5.26 Å². The lowest BCUT2D eigenvalue weighted by Gasteiger charge is -2.15. The summed E-state index contributed by atoms with van der Waals surface area (Å²) < 4.78 is 0. The highest BCUT2D eigenvalue weighted by molar-refractivity contribution is 5.82. The minimum Gasteiger partial charge on any atom is -0.361 e. The quantitative estimate of drug-likeness (QED) is 0.768. The molecule has 1 aromatic heterocycles. The van der Waals surface area contributed by atoms with E-state index >= 15 is 0 Å². The normalized spacial score (nSPS) is 11.3. The Bertz CT molecular complexity index is 850. The molecular weight excluding hydrogens is 282 g/mol. The first-order valence-electron chi connectivity index (χ1n) is 7.66. The highest BCUT2D eigenvalue weighted by atomic mass is 15.1. The van der Waals surface area contributed by atoms with Gasteiger partial charge in [0.1, 0.15) is 0 Å². The van der Waals surface area contributed by atoms with Crippen molar-refractivity contribution >= 4 is 17.0 Å². The Hall–Kier alpha value is -2.83. The summed E-state index contributed by atoms with van der Waals surface area (Å²) in [4.78, 5) is 5.59. The summed E-state index contributed by atoms with van der Waals surface area (Å²) in [5.74, 6) is 0. The smallest absolute Gasteiger partial charge is 0.0991 e. The second-order valence-corrected chi connectivity index (χ2v) is 5.69. The van der Waals surface area contributed by atoms with Crippen LogP contribution >= 0.6 is 0 Å². The van der Waals surface area contributed by atoms with Crippen molar-refractivity contribution in [2.45, 2.75) is 6.54 Å². The second-order valence-electron chi connectivity index (χ2n) is 5.69. The topological polar surface area (TPSA) is 42.8 Å². The molecule has 0 amide bonds. The third-order valence-corrected chi connectivity index (χ3v) is 3.88. The van der Waals surface area contributed by atoms with E-state index in [9.17, 15) is 0 Å². The minimum absolute atomic E-state index is 0.693. The first kappa shape index (κ1) is 15.1. The monoisotopic (exact) mass is 301 g/mol. The zero-order valence-corrected chi connectivity index (χ0v) is 13.2. The van der Waals surface area contributed by atoms with Gasteiger partial charge >= 0.3 is 0 Å². The van der Waals surface area contributed by atoms with Crippen LogP contribution in [0, 0.1) is 11.3 Å². The highest BCUT2D eigenvalue weighted by Gasteiger charge is 2.04. The zero-order chi connectivity index (χ0) is 16.1. The third-order valence-electron chi connectivity index (χ3n) is 3.88. The van der Waals surface area contributed by atoms with Crippen LogP contribution in [0.1, 0.15) is 16.7 Å². The molecule has 2 aromatic carbocycles. The second kappa shape index (κ2) is 6.95. The number of nitrogens with one attached hydrogen (secondary N) is 1. The molecule has 0 spiro atoms. The lowest BCUT2D eigenvalue weighted by Crippen LogP contribution is -2.17. The molecule has 0 fully saturated rings. The molecule has 3 heteroatoms. The number of H-pyrrole nitrogens is 1. The predicted molar refractivity (Wildman–Crippen MR) is 94.8 cm³/mol. The number of benzene rings is 2. The van der Waals surface area contributed by atoms with E-state index in [1.54, 1.807) is 0 Å². The van der Waals surface area contributed by atoms with Crippen LogP contribution in [0.4, 0.5) is 0 Å². The van der Waals surface area contributed by atoms with Gasteiger partial charge in [-0.2, -0.15) is 5.26 Å². The SMILES string of the molecule is CN(C/C=C/c1ccc(C#N)cc1)Cc1cccc2cc[nH]c12. The molecular formula is C20H19N3. The standard InChI is InChI=1S/C20H19N3/c1-23(13-3-4-16-7-9-17(14-21)10-8-16)15-19-6-2-5-18-11-12-22-20(18)19/h2-12,22H,13,15H2,1H3/b4-3+. The fourth-order valence-corrected chi connectivity index (χ4v) is 2.67. The Morgan fingerprint density at radius 2 is 1.96 bits per heavy atom. The number of aromatic nitrogens is 1. The number of fused-ring (bicyclic) bond motifs is 1. The van der Waals surface area contributed by atoms with Crippen LogP contribution in [0.5, 0.6) is 0 Å². The van der Waals surface area contributed by atoms with Gasteiger partial charge in [0.25, 0.3) is 0 Å². The number of likely N-dealkylation sites (N-methyl/N-ethyl adjacent to an activating group) is 1. The van der Waals surface area contributed by atoms with Gasteiger partial charge in [-0.3, -0.25) is 4.90 Å². The molecule has 1 heterocycles. The highest BCUT2D eigenvalue weighted by Crippen LogP contribution is 2.18. The third kappa shape index (κ3) is 3.68. The molecule has 0 aliphatic carbocycles. The Labute approximate surface area is 136 Å². The van der Waals surface area contributed by atoms with E-state index in [2.05, 4.69) is 59.4 Å². The summed E-state index contributed by atoms with van der Waals surface area (Å²) >= 11 is 0. The minimum atomic E-state index is 0.693. The number of hydrogen-bond acceptors (Lipinski definition) is 2. The van der Waals surface area contributed by atoms with Crippen LogP contribution in [-0.4, -0.2) is 23.5 Å². The van der Waals surface area contributed by atoms with Crippen LogP contribution in [0.3, 0.4) is 0 Å². The summed E-state index contributed by atoms with van der Waals surface area (Å²) in [6, 6.07) is 18.2. The Kier molecular flexibility index (Phi) is 4.56. The fourth-order valence-electron chi connectivity index (χ4n) is 2.67. The lowest BCUT2D eigenvalue weighted by molar-refractivity contribution is 0.365. The van der Waals surface area contributed by atoms with Crippen LogP contribution in [0.25, 0.3) is 17.0 Å². The molecule has 23 heavy (non-hydrogen) atoms. The van der Waals surface area contributed by atoms with Crippen molar-refractivity contribution in [2.24, 2.45) is 0 Å². The van der Waals surface area contributed by atoms with Crippen molar-refractivity contribution in [2.75, 3.05) is 13.6 Å². The van der Waals surface area contributed by atoms with Crippen LogP contribution in [0.2, 0.25) is 0 Å². The summed E-state index contributed by atoms with van der Waals surface area (Å²) in [6.45, 7) is 1.77.